The maximum absolute atomic E-state index is 5.54. The molecule has 1 nitrogen and oxygen atoms in total. The van der Waals surface area contributed by atoms with Gasteiger partial charge in [0.2, 0.25) is 0 Å². The van der Waals surface area contributed by atoms with E-state index in [9.17, 15) is 0 Å². The van der Waals surface area contributed by atoms with Gasteiger partial charge in [0.1, 0.15) is 0 Å². The summed E-state index contributed by atoms with van der Waals surface area (Å²) in [5.41, 5.74) is 7.52. The van der Waals surface area contributed by atoms with Crippen LogP contribution < -0.4 is 5.73 Å². The molecule has 62 valence electrons. The Morgan fingerprint density at radius 3 is 2.33 bits per heavy atom. The highest BCUT2D eigenvalue weighted by atomic mass is 14.5. The lowest BCUT2D eigenvalue weighted by atomic mass is 10.2. The van der Waals surface area contributed by atoms with E-state index in [2.05, 4.69) is 0 Å². The van der Waals surface area contributed by atoms with Crippen LogP contribution in [0.2, 0.25) is 0 Å². The van der Waals surface area contributed by atoms with Crippen molar-refractivity contribution in [1.82, 2.24) is 0 Å². The predicted octanol–water partition coefficient (Wildman–Crippen LogP) is 2.86. The highest BCUT2D eigenvalue weighted by molar-refractivity contribution is 5.54. The molecule has 0 unspecified atom stereocenters. The molecule has 0 spiro atoms. The molecule has 1 heteroatoms. The Balaban J connectivity index is 2.70. The zero-order chi connectivity index (χ0) is 8.81. The molecule has 0 aromatic heterocycles. The fraction of sp³-hybridized carbons (Fsp3) is 0.0909. The third kappa shape index (κ3) is 2.62. The quantitative estimate of drug-likeness (QED) is 0.521. The molecule has 0 aliphatic heterocycles. The van der Waals surface area contributed by atoms with E-state index < -0.39 is 0 Å². The molecule has 12 heavy (non-hydrogen) atoms. The summed E-state index contributed by atoms with van der Waals surface area (Å²) in [5.74, 6) is 0. The highest BCUT2D eigenvalue weighted by Gasteiger charge is 1.84. The van der Waals surface area contributed by atoms with Gasteiger partial charge in [-0.15, -0.1) is 0 Å². The summed E-state index contributed by atoms with van der Waals surface area (Å²) in [4.78, 5) is 0. The average Bonchev–Trinajstić information content (AvgIpc) is 2.09. The fourth-order valence-corrected chi connectivity index (χ4v) is 0.885. The molecule has 0 amide bonds. The number of rotatable bonds is 2. The minimum atomic E-state index is 0.804. The van der Waals surface area contributed by atoms with Crippen molar-refractivity contribution in [3.63, 3.8) is 0 Å². The smallest absolute Gasteiger partial charge is 0.0314 e. The number of hydrogen-bond acceptors (Lipinski definition) is 1. The molecule has 0 radical (unpaired) electrons. The van der Waals surface area contributed by atoms with Gasteiger partial charge in [-0.2, -0.15) is 0 Å². The predicted molar refractivity (Wildman–Crippen MR) is 54.7 cm³/mol. The maximum Gasteiger partial charge on any atom is 0.0314 e. The van der Waals surface area contributed by atoms with Gasteiger partial charge in [-0.25, -0.2) is 0 Å². The molecule has 0 aliphatic rings. The number of hydrogen-bond donors (Lipinski definition) is 1. The van der Waals surface area contributed by atoms with Gasteiger partial charge in [0.25, 0.3) is 0 Å². The topological polar surface area (TPSA) is 26.0 Å². The van der Waals surface area contributed by atoms with Gasteiger partial charge >= 0.3 is 0 Å². The van der Waals surface area contributed by atoms with E-state index in [-0.39, 0.29) is 0 Å². The molecular weight excluding hydrogens is 146 g/mol. The van der Waals surface area contributed by atoms with Crippen LogP contribution in [0.15, 0.2) is 42.5 Å². The third-order valence-corrected chi connectivity index (χ3v) is 1.53. The van der Waals surface area contributed by atoms with Crippen molar-refractivity contribution in [3.8, 4) is 0 Å². The first-order chi connectivity index (χ1) is 5.83. The minimum Gasteiger partial charge on any atom is -0.399 e. The van der Waals surface area contributed by atoms with Gasteiger partial charge in [0.05, 0.1) is 0 Å². The van der Waals surface area contributed by atoms with Crippen molar-refractivity contribution < 1.29 is 0 Å². The summed E-state index contributed by atoms with van der Waals surface area (Å²) in [7, 11) is 0. The van der Waals surface area contributed by atoms with E-state index in [0.29, 0.717) is 0 Å². The second-order valence-corrected chi connectivity index (χ2v) is 2.55. The van der Waals surface area contributed by atoms with Crippen LogP contribution >= 0.6 is 0 Å². The number of nitrogen functional groups attached to an aromatic ring is 1. The number of benzene rings is 1. The summed E-state index contributed by atoms with van der Waals surface area (Å²) in [5, 5.41) is 0. The summed E-state index contributed by atoms with van der Waals surface area (Å²) in [6.07, 6.45) is 8.04. The van der Waals surface area contributed by atoms with Crippen LogP contribution in [-0.4, -0.2) is 0 Å². The lowest BCUT2D eigenvalue weighted by Gasteiger charge is -1.92. The van der Waals surface area contributed by atoms with Gasteiger partial charge in [-0.3, -0.25) is 0 Å². The molecule has 0 saturated heterocycles. The van der Waals surface area contributed by atoms with Crippen molar-refractivity contribution in [2.24, 2.45) is 0 Å². The maximum atomic E-state index is 5.54. The second-order valence-electron chi connectivity index (χ2n) is 2.55. The third-order valence-electron chi connectivity index (χ3n) is 1.53. The molecular formula is C11H13N. The van der Waals surface area contributed by atoms with Gasteiger partial charge in [0.15, 0.2) is 0 Å². The molecule has 0 heterocycles. The van der Waals surface area contributed by atoms with Crippen molar-refractivity contribution in [2.45, 2.75) is 6.92 Å². The molecule has 1 aromatic rings. The lowest BCUT2D eigenvalue weighted by molar-refractivity contribution is 1.64. The Morgan fingerprint density at radius 2 is 1.75 bits per heavy atom. The van der Waals surface area contributed by atoms with Gasteiger partial charge < -0.3 is 5.73 Å². The normalized spacial score (nSPS) is 11.4. The van der Waals surface area contributed by atoms with Gasteiger partial charge in [-0.05, 0) is 24.6 Å². The van der Waals surface area contributed by atoms with Crippen LogP contribution in [0, 0.1) is 0 Å². The number of nitrogens with two attached hydrogens (primary N) is 1. The highest BCUT2D eigenvalue weighted by Crippen LogP contribution is 2.06. The largest absolute Gasteiger partial charge is 0.399 e. The zero-order valence-corrected chi connectivity index (χ0v) is 7.20. The SMILES string of the molecule is C/C=C\C=C\c1ccc(N)cc1. The average molecular weight is 159 g/mol. The summed E-state index contributed by atoms with van der Waals surface area (Å²) >= 11 is 0. The molecule has 2 N–H and O–H groups in total. The Bertz CT molecular complexity index is 280. The molecule has 0 bridgehead atoms. The molecule has 0 saturated carbocycles. The van der Waals surface area contributed by atoms with Crippen LogP contribution in [0.5, 0.6) is 0 Å². The zero-order valence-electron chi connectivity index (χ0n) is 7.20. The van der Waals surface area contributed by atoms with Gasteiger partial charge in [0, 0.05) is 5.69 Å². The molecule has 0 aliphatic carbocycles. The van der Waals surface area contributed by atoms with Crippen molar-refractivity contribution in [3.05, 3.63) is 48.1 Å². The van der Waals surface area contributed by atoms with Gasteiger partial charge in [-0.1, -0.05) is 36.4 Å². The number of anilines is 1. The Labute approximate surface area is 73.2 Å². The van der Waals surface area contributed by atoms with E-state index in [1.165, 1.54) is 5.56 Å². The molecule has 0 atom stereocenters. The van der Waals surface area contributed by atoms with E-state index in [0.717, 1.165) is 5.69 Å². The van der Waals surface area contributed by atoms with Crippen LogP contribution in [-0.2, 0) is 0 Å². The monoisotopic (exact) mass is 159 g/mol. The van der Waals surface area contributed by atoms with Crippen LogP contribution in [0.25, 0.3) is 6.08 Å². The minimum absolute atomic E-state index is 0.804. The molecule has 1 aromatic carbocycles. The van der Waals surface area contributed by atoms with E-state index in [1.807, 2.05) is 55.5 Å². The first-order valence-corrected chi connectivity index (χ1v) is 3.98. The first-order valence-electron chi connectivity index (χ1n) is 3.98. The molecule has 1 rings (SSSR count). The summed E-state index contributed by atoms with van der Waals surface area (Å²) in [6.45, 7) is 1.99. The number of allylic oxidation sites excluding steroid dienone is 3. The Hall–Kier alpha value is -1.50. The first kappa shape index (κ1) is 8.60. The van der Waals surface area contributed by atoms with Crippen LogP contribution in [0.3, 0.4) is 0 Å². The van der Waals surface area contributed by atoms with Crippen molar-refractivity contribution in [2.75, 3.05) is 5.73 Å². The Kier molecular flexibility index (Phi) is 3.15. The summed E-state index contributed by atoms with van der Waals surface area (Å²) in [6, 6.07) is 7.79. The lowest BCUT2D eigenvalue weighted by Crippen LogP contribution is -1.82. The van der Waals surface area contributed by atoms with E-state index >= 15 is 0 Å². The van der Waals surface area contributed by atoms with Crippen LogP contribution in [0.1, 0.15) is 12.5 Å². The van der Waals surface area contributed by atoms with Crippen molar-refractivity contribution >= 4 is 11.8 Å². The van der Waals surface area contributed by atoms with Crippen LogP contribution in [0.4, 0.5) is 5.69 Å². The standard InChI is InChI=1S/C11H13N/c1-2-3-4-5-10-6-8-11(12)9-7-10/h2-9H,12H2,1H3/b3-2-,5-4+. The van der Waals surface area contributed by atoms with Crippen molar-refractivity contribution in [1.29, 1.82) is 0 Å². The van der Waals surface area contributed by atoms with E-state index in [4.69, 9.17) is 5.73 Å². The second kappa shape index (κ2) is 4.39. The fourth-order valence-electron chi connectivity index (χ4n) is 0.885. The summed E-state index contributed by atoms with van der Waals surface area (Å²) < 4.78 is 0. The van der Waals surface area contributed by atoms with E-state index in [1.54, 1.807) is 0 Å². The Morgan fingerprint density at radius 1 is 1.08 bits per heavy atom. The molecule has 0 fully saturated rings.